The number of rotatable bonds is 4. The third-order valence-corrected chi connectivity index (χ3v) is 6.88. The van der Waals surface area contributed by atoms with Gasteiger partial charge in [0, 0.05) is 13.1 Å². The van der Waals surface area contributed by atoms with Crippen molar-refractivity contribution in [3.8, 4) is 0 Å². The quantitative estimate of drug-likeness (QED) is 0.868. The van der Waals surface area contributed by atoms with Gasteiger partial charge in [0.15, 0.2) is 0 Å². The molecule has 1 aromatic rings. The summed E-state index contributed by atoms with van der Waals surface area (Å²) in [5.74, 6) is -1.31. The largest absolute Gasteiger partial charge is 0.477 e. The van der Waals surface area contributed by atoms with E-state index >= 15 is 0 Å². The van der Waals surface area contributed by atoms with Crippen molar-refractivity contribution in [1.29, 1.82) is 0 Å². The van der Waals surface area contributed by atoms with Crippen LogP contribution in [0.25, 0.3) is 0 Å². The van der Waals surface area contributed by atoms with Crippen molar-refractivity contribution >= 4 is 27.3 Å². The molecule has 0 aliphatic carbocycles. The molecule has 1 aliphatic rings. The SMILES string of the molecule is Cc1csc(C(=O)O)c1S(=O)(=O)N1CC(O)(C(C)C)C1. The van der Waals surface area contributed by atoms with Crippen molar-refractivity contribution in [3.63, 3.8) is 0 Å². The number of nitrogens with zero attached hydrogens (tertiary/aromatic N) is 1. The van der Waals surface area contributed by atoms with E-state index in [-0.39, 0.29) is 28.8 Å². The van der Waals surface area contributed by atoms with Crippen LogP contribution in [0.4, 0.5) is 0 Å². The first-order chi connectivity index (χ1) is 9.09. The van der Waals surface area contributed by atoms with Gasteiger partial charge in [-0.25, -0.2) is 13.2 Å². The number of aromatic carboxylic acids is 1. The van der Waals surface area contributed by atoms with Gasteiger partial charge in [-0.15, -0.1) is 11.3 Å². The van der Waals surface area contributed by atoms with Gasteiger partial charge in [0.25, 0.3) is 0 Å². The van der Waals surface area contributed by atoms with Crippen LogP contribution in [0.5, 0.6) is 0 Å². The van der Waals surface area contributed by atoms with Crippen LogP contribution in [0.3, 0.4) is 0 Å². The zero-order valence-electron chi connectivity index (χ0n) is 11.5. The fourth-order valence-corrected chi connectivity index (χ4v) is 5.28. The molecule has 0 radical (unpaired) electrons. The third kappa shape index (κ3) is 2.26. The number of carboxylic acid groups (broad SMARTS) is 1. The number of sulfonamides is 1. The Kier molecular flexibility index (Phi) is 3.70. The first-order valence-corrected chi connectivity index (χ1v) is 8.45. The predicted octanol–water partition coefficient (Wildman–Crippen LogP) is 1.15. The number of β-amino-alcohol motifs (C(OH)–C–C–N with tert-alkyl or cyclic N) is 1. The standard InChI is InChI=1S/C12H17NO5S2/c1-7(2)12(16)5-13(6-12)20(17,18)10-8(3)4-19-9(10)11(14)15/h4,7,16H,5-6H2,1-3H3,(H,14,15). The lowest BCUT2D eigenvalue weighted by Gasteiger charge is -2.47. The highest BCUT2D eigenvalue weighted by atomic mass is 32.2. The van der Waals surface area contributed by atoms with E-state index < -0.39 is 21.6 Å². The Bertz CT molecular complexity index is 641. The summed E-state index contributed by atoms with van der Waals surface area (Å²) >= 11 is 0.901. The predicted molar refractivity (Wildman–Crippen MR) is 74.6 cm³/mol. The molecule has 2 N–H and O–H groups in total. The summed E-state index contributed by atoms with van der Waals surface area (Å²) in [7, 11) is -3.87. The summed E-state index contributed by atoms with van der Waals surface area (Å²) in [6.07, 6.45) is 0. The number of aliphatic hydroxyl groups is 1. The van der Waals surface area contributed by atoms with Crippen LogP contribution in [-0.4, -0.2) is 47.6 Å². The Labute approximate surface area is 121 Å². The van der Waals surface area contributed by atoms with Crippen LogP contribution >= 0.6 is 11.3 Å². The highest BCUT2D eigenvalue weighted by Crippen LogP contribution is 2.36. The molecule has 20 heavy (non-hydrogen) atoms. The second-order valence-corrected chi connectivity index (χ2v) is 8.17. The van der Waals surface area contributed by atoms with E-state index in [1.807, 2.05) is 13.8 Å². The number of aryl methyl sites for hydroxylation is 1. The van der Waals surface area contributed by atoms with Crippen LogP contribution in [0, 0.1) is 12.8 Å². The molecule has 6 nitrogen and oxygen atoms in total. The average Bonchev–Trinajstić information content (AvgIpc) is 2.67. The second kappa shape index (κ2) is 4.80. The van der Waals surface area contributed by atoms with E-state index in [1.54, 1.807) is 6.92 Å². The zero-order valence-corrected chi connectivity index (χ0v) is 13.1. The number of thiophene rings is 1. The van der Waals surface area contributed by atoms with Crippen molar-refractivity contribution in [2.24, 2.45) is 5.92 Å². The molecule has 0 aromatic carbocycles. The lowest BCUT2D eigenvalue weighted by atomic mass is 9.85. The van der Waals surface area contributed by atoms with Gasteiger partial charge < -0.3 is 10.2 Å². The van der Waals surface area contributed by atoms with Crippen molar-refractivity contribution in [3.05, 3.63) is 15.8 Å². The van der Waals surface area contributed by atoms with Crippen molar-refractivity contribution in [1.82, 2.24) is 4.31 Å². The van der Waals surface area contributed by atoms with Crippen LogP contribution in [-0.2, 0) is 10.0 Å². The maximum absolute atomic E-state index is 12.5. The van der Waals surface area contributed by atoms with Crippen molar-refractivity contribution < 1.29 is 23.4 Å². The third-order valence-electron chi connectivity index (χ3n) is 3.69. The molecular formula is C12H17NO5S2. The van der Waals surface area contributed by atoms with E-state index in [9.17, 15) is 18.3 Å². The Morgan fingerprint density at radius 1 is 1.45 bits per heavy atom. The maximum atomic E-state index is 12.5. The van der Waals surface area contributed by atoms with Gasteiger partial charge in [-0.3, -0.25) is 0 Å². The molecule has 1 aliphatic heterocycles. The molecule has 1 aromatic heterocycles. The number of carbonyl (C=O) groups is 1. The van der Waals surface area contributed by atoms with E-state index in [0.717, 1.165) is 15.6 Å². The van der Waals surface area contributed by atoms with Crippen molar-refractivity contribution in [2.45, 2.75) is 31.3 Å². The van der Waals surface area contributed by atoms with E-state index in [1.165, 1.54) is 5.38 Å². The fourth-order valence-electron chi connectivity index (χ4n) is 2.13. The average molecular weight is 319 g/mol. The molecule has 1 saturated heterocycles. The zero-order chi connectivity index (χ0) is 15.3. The Morgan fingerprint density at radius 3 is 2.45 bits per heavy atom. The van der Waals surface area contributed by atoms with Gasteiger partial charge in [-0.2, -0.15) is 4.31 Å². The first-order valence-electron chi connectivity index (χ1n) is 6.13. The van der Waals surface area contributed by atoms with Gasteiger partial charge in [-0.1, -0.05) is 13.8 Å². The summed E-state index contributed by atoms with van der Waals surface area (Å²) < 4.78 is 26.1. The van der Waals surface area contributed by atoms with Crippen molar-refractivity contribution in [2.75, 3.05) is 13.1 Å². The molecule has 0 atom stereocenters. The Balaban J connectivity index is 2.35. The summed E-state index contributed by atoms with van der Waals surface area (Å²) in [6.45, 7) is 5.22. The van der Waals surface area contributed by atoms with Gasteiger partial charge in [0.2, 0.25) is 10.0 Å². The lowest BCUT2D eigenvalue weighted by Crippen LogP contribution is -2.65. The molecule has 0 amide bonds. The van der Waals surface area contributed by atoms with E-state index in [4.69, 9.17) is 5.11 Å². The maximum Gasteiger partial charge on any atom is 0.347 e. The lowest BCUT2D eigenvalue weighted by molar-refractivity contribution is -0.0932. The smallest absolute Gasteiger partial charge is 0.347 e. The van der Waals surface area contributed by atoms with Crippen LogP contribution < -0.4 is 0 Å². The molecule has 0 bridgehead atoms. The Morgan fingerprint density at radius 2 is 2.00 bits per heavy atom. The van der Waals surface area contributed by atoms with Gasteiger partial charge >= 0.3 is 5.97 Å². The monoisotopic (exact) mass is 319 g/mol. The molecule has 112 valence electrons. The molecule has 2 rings (SSSR count). The van der Waals surface area contributed by atoms with E-state index in [0.29, 0.717) is 5.56 Å². The summed E-state index contributed by atoms with van der Waals surface area (Å²) in [5.41, 5.74) is -0.604. The minimum atomic E-state index is -3.87. The molecule has 8 heteroatoms. The van der Waals surface area contributed by atoms with Gasteiger partial charge in [-0.05, 0) is 23.8 Å². The van der Waals surface area contributed by atoms with Gasteiger partial charge in [0.1, 0.15) is 9.77 Å². The van der Waals surface area contributed by atoms with Crippen LogP contribution in [0.2, 0.25) is 0 Å². The molecular weight excluding hydrogens is 302 g/mol. The molecule has 0 saturated carbocycles. The molecule has 1 fully saturated rings. The summed E-state index contributed by atoms with van der Waals surface area (Å²) in [5, 5.41) is 20.7. The first kappa shape index (κ1) is 15.4. The molecule has 0 spiro atoms. The Hall–Kier alpha value is -0.960. The highest BCUT2D eigenvalue weighted by molar-refractivity contribution is 7.89. The topological polar surface area (TPSA) is 94.9 Å². The normalized spacial score (nSPS) is 19.1. The molecule has 2 heterocycles. The minimum absolute atomic E-state index is 0.00134. The number of hydrogen-bond donors (Lipinski definition) is 2. The summed E-state index contributed by atoms with van der Waals surface area (Å²) in [6, 6.07) is 0. The fraction of sp³-hybridized carbons (Fsp3) is 0.583. The number of carboxylic acids is 1. The van der Waals surface area contributed by atoms with Gasteiger partial charge in [0.05, 0.1) is 5.60 Å². The second-order valence-electron chi connectivity index (χ2n) is 5.41. The minimum Gasteiger partial charge on any atom is -0.477 e. The van der Waals surface area contributed by atoms with Crippen LogP contribution in [0.1, 0.15) is 29.1 Å². The highest BCUT2D eigenvalue weighted by Gasteiger charge is 2.50. The summed E-state index contributed by atoms with van der Waals surface area (Å²) in [4.78, 5) is 10.8. The number of hydrogen-bond acceptors (Lipinski definition) is 5. The molecule has 0 unspecified atom stereocenters. The van der Waals surface area contributed by atoms with E-state index in [2.05, 4.69) is 0 Å². The van der Waals surface area contributed by atoms with Crippen LogP contribution in [0.15, 0.2) is 10.3 Å².